The van der Waals surface area contributed by atoms with Gasteiger partial charge in [0.2, 0.25) is 0 Å². The van der Waals surface area contributed by atoms with E-state index in [0.717, 1.165) is 12.1 Å². The number of nitrogens with two attached hydrogens (primary N) is 1. The van der Waals surface area contributed by atoms with Gasteiger partial charge in [-0.25, -0.2) is 8.78 Å². The molecule has 0 amide bonds. The maximum Gasteiger partial charge on any atom is 0.127 e. The first-order valence-corrected chi connectivity index (χ1v) is 6.44. The molecule has 5 heteroatoms. The van der Waals surface area contributed by atoms with Crippen LogP contribution in [0.15, 0.2) is 18.2 Å². The summed E-state index contributed by atoms with van der Waals surface area (Å²) in [6, 6.07) is 3.54. The van der Waals surface area contributed by atoms with Crippen LogP contribution in [0.5, 0.6) is 0 Å². The standard InChI is InChI=1S/C14H20F2N2O/c1-14(2)9-18(8-12(6-17)19-14)7-10-5-11(15)3-4-13(10)16/h3-5,12H,6-9,17H2,1-2H3. The summed E-state index contributed by atoms with van der Waals surface area (Å²) in [7, 11) is 0. The van der Waals surface area contributed by atoms with Crippen LogP contribution in [0.2, 0.25) is 0 Å². The molecule has 1 unspecified atom stereocenters. The van der Waals surface area contributed by atoms with E-state index in [0.29, 0.717) is 31.7 Å². The molecule has 0 saturated carbocycles. The van der Waals surface area contributed by atoms with Gasteiger partial charge in [-0.3, -0.25) is 4.90 Å². The zero-order chi connectivity index (χ0) is 14.0. The van der Waals surface area contributed by atoms with E-state index in [-0.39, 0.29) is 17.5 Å². The predicted molar refractivity (Wildman–Crippen MR) is 69.6 cm³/mol. The van der Waals surface area contributed by atoms with Crippen LogP contribution in [0, 0.1) is 11.6 Å². The van der Waals surface area contributed by atoms with E-state index in [2.05, 4.69) is 4.90 Å². The molecule has 1 heterocycles. The molecule has 1 aromatic rings. The van der Waals surface area contributed by atoms with Gasteiger partial charge in [-0.15, -0.1) is 0 Å². The summed E-state index contributed by atoms with van der Waals surface area (Å²) < 4.78 is 32.6. The second-order valence-corrected chi connectivity index (χ2v) is 5.64. The van der Waals surface area contributed by atoms with Gasteiger partial charge < -0.3 is 10.5 Å². The highest BCUT2D eigenvalue weighted by atomic mass is 19.1. The SMILES string of the molecule is CC1(C)CN(Cc2cc(F)ccc2F)CC(CN)O1. The topological polar surface area (TPSA) is 38.5 Å². The van der Waals surface area contributed by atoms with Gasteiger partial charge in [-0.2, -0.15) is 0 Å². The van der Waals surface area contributed by atoms with Crippen molar-refractivity contribution in [3.05, 3.63) is 35.4 Å². The fraction of sp³-hybridized carbons (Fsp3) is 0.571. The Morgan fingerprint density at radius 3 is 2.84 bits per heavy atom. The molecule has 1 atom stereocenters. The third-order valence-electron chi connectivity index (χ3n) is 3.22. The highest BCUT2D eigenvalue weighted by Gasteiger charge is 2.32. The van der Waals surface area contributed by atoms with Crippen molar-refractivity contribution in [2.75, 3.05) is 19.6 Å². The van der Waals surface area contributed by atoms with Gasteiger partial charge in [0.25, 0.3) is 0 Å². The lowest BCUT2D eigenvalue weighted by Crippen LogP contribution is -2.54. The summed E-state index contributed by atoms with van der Waals surface area (Å²) in [5.41, 5.74) is 5.69. The molecule has 1 saturated heterocycles. The first-order chi connectivity index (χ1) is 8.89. The van der Waals surface area contributed by atoms with Crippen molar-refractivity contribution in [2.45, 2.75) is 32.1 Å². The second-order valence-electron chi connectivity index (χ2n) is 5.64. The van der Waals surface area contributed by atoms with Gasteiger partial charge in [0.05, 0.1) is 11.7 Å². The van der Waals surface area contributed by atoms with Crippen molar-refractivity contribution in [1.82, 2.24) is 4.90 Å². The first kappa shape index (κ1) is 14.4. The number of hydrogen-bond donors (Lipinski definition) is 1. The van der Waals surface area contributed by atoms with E-state index in [1.807, 2.05) is 13.8 Å². The molecular weight excluding hydrogens is 250 g/mol. The largest absolute Gasteiger partial charge is 0.368 e. The van der Waals surface area contributed by atoms with Crippen molar-refractivity contribution < 1.29 is 13.5 Å². The number of hydrogen-bond acceptors (Lipinski definition) is 3. The highest BCUT2D eigenvalue weighted by molar-refractivity contribution is 5.18. The number of halogens is 2. The fourth-order valence-electron chi connectivity index (χ4n) is 2.57. The van der Waals surface area contributed by atoms with Gasteiger partial charge in [0, 0.05) is 31.7 Å². The lowest BCUT2D eigenvalue weighted by Gasteiger charge is -2.42. The minimum Gasteiger partial charge on any atom is -0.368 e. The minimum atomic E-state index is -0.417. The molecule has 1 aromatic carbocycles. The molecule has 0 bridgehead atoms. The lowest BCUT2D eigenvalue weighted by molar-refractivity contribution is -0.134. The summed E-state index contributed by atoms with van der Waals surface area (Å²) in [4.78, 5) is 2.05. The van der Waals surface area contributed by atoms with Gasteiger partial charge in [-0.05, 0) is 32.0 Å². The lowest BCUT2D eigenvalue weighted by atomic mass is 10.0. The molecule has 0 aliphatic carbocycles. The van der Waals surface area contributed by atoms with Crippen LogP contribution in [0.1, 0.15) is 19.4 Å². The van der Waals surface area contributed by atoms with Crippen molar-refractivity contribution >= 4 is 0 Å². The quantitative estimate of drug-likeness (QED) is 0.911. The van der Waals surface area contributed by atoms with E-state index >= 15 is 0 Å². The number of nitrogens with zero attached hydrogens (tertiary/aromatic N) is 1. The third kappa shape index (κ3) is 3.72. The predicted octanol–water partition coefficient (Wildman–Crippen LogP) is 1.90. The Hall–Kier alpha value is -1.04. The maximum absolute atomic E-state index is 13.6. The average molecular weight is 270 g/mol. The van der Waals surface area contributed by atoms with Crippen molar-refractivity contribution in [3.8, 4) is 0 Å². The molecule has 0 spiro atoms. The van der Waals surface area contributed by atoms with Crippen molar-refractivity contribution in [3.63, 3.8) is 0 Å². The van der Waals surface area contributed by atoms with Gasteiger partial charge in [0.1, 0.15) is 11.6 Å². The van der Waals surface area contributed by atoms with Crippen LogP contribution in [0.4, 0.5) is 8.78 Å². The Morgan fingerprint density at radius 2 is 2.16 bits per heavy atom. The monoisotopic (exact) mass is 270 g/mol. The molecule has 0 aromatic heterocycles. The van der Waals surface area contributed by atoms with Gasteiger partial charge in [0.15, 0.2) is 0 Å². The van der Waals surface area contributed by atoms with Crippen LogP contribution in [-0.2, 0) is 11.3 Å². The Kier molecular flexibility index (Phi) is 4.18. The van der Waals surface area contributed by atoms with Crippen LogP contribution >= 0.6 is 0 Å². The molecule has 2 rings (SSSR count). The van der Waals surface area contributed by atoms with E-state index in [4.69, 9.17) is 10.5 Å². The number of morpholine rings is 1. The smallest absolute Gasteiger partial charge is 0.127 e. The maximum atomic E-state index is 13.6. The van der Waals surface area contributed by atoms with Gasteiger partial charge >= 0.3 is 0 Å². The molecule has 19 heavy (non-hydrogen) atoms. The van der Waals surface area contributed by atoms with E-state index in [1.165, 1.54) is 6.07 Å². The number of ether oxygens (including phenoxy) is 1. The first-order valence-electron chi connectivity index (χ1n) is 6.44. The van der Waals surface area contributed by atoms with Crippen LogP contribution < -0.4 is 5.73 Å². The normalized spacial score (nSPS) is 23.5. The molecule has 1 aliphatic rings. The van der Waals surface area contributed by atoms with E-state index in [1.54, 1.807) is 0 Å². The zero-order valence-corrected chi connectivity index (χ0v) is 11.3. The fourth-order valence-corrected chi connectivity index (χ4v) is 2.57. The second kappa shape index (κ2) is 5.53. The molecule has 0 radical (unpaired) electrons. The minimum absolute atomic E-state index is 0.0691. The summed E-state index contributed by atoms with van der Waals surface area (Å²) in [6.07, 6.45) is -0.0691. The Labute approximate surface area is 112 Å². The zero-order valence-electron chi connectivity index (χ0n) is 11.3. The molecular formula is C14H20F2N2O. The van der Waals surface area contributed by atoms with Crippen molar-refractivity contribution in [1.29, 1.82) is 0 Å². The Morgan fingerprint density at radius 1 is 1.42 bits per heavy atom. The molecule has 3 nitrogen and oxygen atoms in total. The van der Waals surface area contributed by atoms with Crippen LogP contribution in [0.25, 0.3) is 0 Å². The van der Waals surface area contributed by atoms with E-state index in [9.17, 15) is 8.78 Å². The number of benzene rings is 1. The van der Waals surface area contributed by atoms with E-state index < -0.39 is 5.82 Å². The Bertz CT molecular complexity index is 451. The summed E-state index contributed by atoms with van der Waals surface area (Å²) in [6.45, 7) is 6.04. The summed E-state index contributed by atoms with van der Waals surface area (Å²) in [5, 5.41) is 0. The third-order valence-corrected chi connectivity index (χ3v) is 3.22. The molecule has 2 N–H and O–H groups in total. The Balaban J connectivity index is 2.11. The summed E-state index contributed by atoms with van der Waals surface area (Å²) >= 11 is 0. The molecule has 1 aliphatic heterocycles. The summed E-state index contributed by atoms with van der Waals surface area (Å²) in [5.74, 6) is -0.797. The highest BCUT2D eigenvalue weighted by Crippen LogP contribution is 2.23. The molecule has 1 fully saturated rings. The van der Waals surface area contributed by atoms with Crippen molar-refractivity contribution in [2.24, 2.45) is 5.73 Å². The van der Waals surface area contributed by atoms with Crippen LogP contribution in [0.3, 0.4) is 0 Å². The molecule has 106 valence electrons. The van der Waals surface area contributed by atoms with Gasteiger partial charge in [-0.1, -0.05) is 0 Å². The number of rotatable bonds is 3. The average Bonchev–Trinajstić information content (AvgIpc) is 2.32. The van der Waals surface area contributed by atoms with Crippen LogP contribution in [-0.4, -0.2) is 36.2 Å².